The van der Waals surface area contributed by atoms with E-state index in [1.165, 1.54) is 19.2 Å². The molecular formula is C21H21N3O4. The number of carbonyl (C=O) groups is 1. The number of nitrogens with two attached hydrogens (primary N) is 1. The third kappa shape index (κ3) is 3.34. The van der Waals surface area contributed by atoms with E-state index >= 15 is 0 Å². The molecule has 0 radical (unpaired) electrons. The first-order valence-corrected chi connectivity index (χ1v) is 8.71. The molecule has 0 bridgehead atoms. The predicted molar refractivity (Wildman–Crippen MR) is 107 cm³/mol. The lowest BCUT2D eigenvalue weighted by Crippen LogP contribution is -2.07. The average Bonchev–Trinajstić information content (AvgIpc) is 2.93. The van der Waals surface area contributed by atoms with Gasteiger partial charge in [-0.15, -0.1) is 0 Å². The average molecular weight is 379 g/mol. The van der Waals surface area contributed by atoms with E-state index in [1.807, 2.05) is 48.7 Å². The number of nitro groups is 1. The van der Waals surface area contributed by atoms with Gasteiger partial charge in [0.05, 0.1) is 17.6 Å². The summed E-state index contributed by atoms with van der Waals surface area (Å²) in [5, 5.41) is 11.3. The molecule has 1 heterocycles. The van der Waals surface area contributed by atoms with Gasteiger partial charge in [-0.2, -0.15) is 0 Å². The largest absolute Gasteiger partial charge is 0.465 e. The first kappa shape index (κ1) is 19.2. The highest BCUT2D eigenvalue weighted by molar-refractivity contribution is 6.00. The lowest BCUT2D eigenvalue weighted by molar-refractivity contribution is -0.383. The smallest absolute Gasteiger partial charge is 0.340 e. The monoisotopic (exact) mass is 379 g/mol. The molecule has 2 aromatic carbocycles. The maximum absolute atomic E-state index is 12.5. The highest BCUT2D eigenvalue weighted by atomic mass is 16.6. The summed E-state index contributed by atoms with van der Waals surface area (Å²) >= 11 is 0. The Labute approximate surface area is 162 Å². The molecule has 0 saturated heterocycles. The van der Waals surface area contributed by atoms with Gasteiger partial charge >= 0.3 is 5.97 Å². The molecule has 144 valence electrons. The Balaban J connectivity index is 2.23. The van der Waals surface area contributed by atoms with Crippen molar-refractivity contribution in [1.82, 2.24) is 4.57 Å². The number of esters is 1. The second-order valence-electron chi connectivity index (χ2n) is 6.51. The maximum Gasteiger partial charge on any atom is 0.340 e. The van der Waals surface area contributed by atoms with Crippen molar-refractivity contribution in [3.05, 3.63) is 81.2 Å². The number of methoxy groups -OCH3 is 1. The van der Waals surface area contributed by atoms with E-state index in [-0.39, 0.29) is 11.4 Å². The fraction of sp³-hybridized carbons (Fsp3) is 0.190. The summed E-state index contributed by atoms with van der Waals surface area (Å²) in [7, 11) is 1.32. The van der Waals surface area contributed by atoms with Crippen molar-refractivity contribution in [2.45, 2.75) is 20.4 Å². The van der Waals surface area contributed by atoms with Crippen molar-refractivity contribution in [1.29, 1.82) is 0 Å². The van der Waals surface area contributed by atoms with Crippen LogP contribution in [0.15, 0.2) is 48.5 Å². The highest BCUT2D eigenvalue weighted by Crippen LogP contribution is 2.36. The van der Waals surface area contributed by atoms with Crippen molar-refractivity contribution in [2.75, 3.05) is 12.8 Å². The van der Waals surface area contributed by atoms with Crippen LogP contribution in [0, 0.1) is 24.0 Å². The summed E-state index contributed by atoms with van der Waals surface area (Å²) < 4.78 is 7.00. The molecule has 2 N–H and O–H groups in total. The van der Waals surface area contributed by atoms with Gasteiger partial charge < -0.3 is 15.0 Å². The predicted octanol–water partition coefficient (Wildman–Crippen LogP) is 4.10. The minimum atomic E-state index is -0.528. The SMILES string of the molecule is COC(=O)c1c(-c2ccc(N)c([N+](=O)[O-])c2)c(C)n(Cc2ccccc2)c1C. The van der Waals surface area contributed by atoms with Crippen LogP contribution in [-0.4, -0.2) is 22.6 Å². The van der Waals surface area contributed by atoms with Gasteiger partial charge in [-0.25, -0.2) is 4.79 Å². The van der Waals surface area contributed by atoms with Gasteiger partial charge in [0.15, 0.2) is 0 Å². The number of carbonyl (C=O) groups excluding carboxylic acids is 1. The summed E-state index contributed by atoms with van der Waals surface area (Å²) in [5.41, 5.74) is 9.81. The number of hydrogen-bond donors (Lipinski definition) is 1. The molecule has 3 rings (SSSR count). The Hall–Kier alpha value is -3.61. The number of ether oxygens (including phenoxy) is 1. The van der Waals surface area contributed by atoms with Gasteiger partial charge in [0.25, 0.3) is 5.69 Å². The normalized spacial score (nSPS) is 10.7. The van der Waals surface area contributed by atoms with Crippen molar-refractivity contribution in [2.24, 2.45) is 0 Å². The number of aromatic nitrogens is 1. The summed E-state index contributed by atoms with van der Waals surface area (Å²) in [5.74, 6) is -0.484. The number of nitro benzene ring substituents is 1. The van der Waals surface area contributed by atoms with Crippen LogP contribution >= 0.6 is 0 Å². The minimum Gasteiger partial charge on any atom is -0.465 e. The van der Waals surface area contributed by atoms with Gasteiger partial charge in [0.1, 0.15) is 5.69 Å². The van der Waals surface area contributed by atoms with Gasteiger partial charge in [0.2, 0.25) is 0 Å². The van der Waals surface area contributed by atoms with E-state index in [0.29, 0.717) is 23.2 Å². The number of nitrogens with zero attached hydrogens (tertiary/aromatic N) is 2. The van der Waals surface area contributed by atoms with Gasteiger partial charge in [0, 0.05) is 29.6 Å². The van der Waals surface area contributed by atoms with Gasteiger partial charge in [-0.3, -0.25) is 10.1 Å². The highest BCUT2D eigenvalue weighted by Gasteiger charge is 2.26. The number of anilines is 1. The molecule has 0 saturated carbocycles. The number of hydrogen-bond acceptors (Lipinski definition) is 5. The Morgan fingerprint density at radius 1 is 1.14 bits per heavy atom. The van der Waals surface area contributed by atoms with E-state index < -0.39 is 10.9 Å². The standard InChI is InChI=1S/C21H21N3O4/c1-13-19(16-9-10-17(22)18(11-16)24(26)27)20(21(25)28-3)14(2)23(13)12-15-7-5-4-6-8-15/h4-11H,12,22H2,1-3H3. The summed E-state index contributed by atoms with van der Waals surface area (Å²) in [4.78, 5) is 23.3. The molecular weight excluding hydrogens is 358 g/mol. The summed E-state index contributed by atoms with van der Waals surface area (Å²) in [6.45, 7) is 4.30. The molecule has 7 nitrogen and oxygen atoms in total. The fourth-order valence-electron chi connectivity index (χ4n) is 3.45. The first-order valence-electron chi connectivity index (χ1n) is 8.71. The van der Waals surface area contributed by atoms with Crippen molar-refractivity contribution >= 4 is 17.3 Å². The van der Waals surface area contributed by atoms with E-state index in [1.54, 1.807) is 6.07 Å². The quantitative estimate of drug-likeness (QED) is 0.311. The van der Waals surface area contributed by atoms with Crippen molar-refractivity contribution in [3.8, 4) is 11.1 Å². The lowest BCUT2D eigenvalue weighted by atomic mass is 9.99. The van der Waals surface area contributed by atoms with Gasteiger partial charge in [-0.1, -0.05) is 36.4 Å². The zero-order chi connectivity index (χ0) is 20.4. The van der Waals surface area contributed by atoms with Crippen LogP contribution in [0.25, 0.3) is 11.1 Å². The Morgan fingerprint density at radius 3 is 2.43 bits per heavy atom. The Morgan fingerprint density at radius 2 is 1.82 bits per heavy atom. The molecule has 0 amide bonds. The summed E-state index contributed by atoms with van der Waals surface area (Å²) in [6.07, 6.45) is 0. The van der Waals surface area contributed by atoms with E-state index in [4.69, 9.17) is 10.5 Å². The topological polar surface area (TPSA) is 100 Å². The van der Waals surface area contributed by atoms with Gasteiger partial charge in [-0.05, 0) is 31.0 Å². The van der Waals surface area contributed by atoms with Crippen LogP contribution in [0.2, 0.25) is 0 Å². The molecule has 0 unspecified atom stereocenters. The molecule has 0 spiro atoms. The molecule has 1 aromatic heterocycles. The fourth-order valence-corrected chi connectivity index (χ4v) is 3.45. The zero-order valence-electron chi connectivity index (χ0n) is 15.9. The number of nitrogen functional groups attached to an aromatic ring is 1. The first-order chi connectivity index (χ1) is 13.3. The third-order valence-electron chi connectivity index (χ3n) is 4.87. The minimum absolute atomic E-state index is 0.0754. The van der Waals surface area contributed by atoms with Crippen LogP contribution in [0.5, 0.6) is 0 Å². The maximum atomic E-state index is 12.5. The van der Waals surface area contributed by atoms with Crippen LogP contribution in [0.4, 0.5) is 11.4 Å². The molecule has 0 aliphatic carbocycles. The second-order valence-corrected chi connectivity index (χ2v) is 6.51. The third-order valence-corrected chi connectivity index (χ3v) is 4.87. The number of rotatable bonds is 5. The second kappa shape index (κ2) is 7.56. The van der Waals surface area contributed by atoms with E-state index in [0.717, 1.165) is 17.0 Å². The molecule has 28 heavy (non-hydrogen) atoms. The number of benzene rings is 2. The van der Waals surface area contributed by atoms with Crippen LogP contribution in [-0.2, 0) is 11.3 Å². The molecule has 0 aliphatic heterocycles. The molecule has 0 aliphatic rings. The van der Waals surface area contributed by atoms with E-state index in [2.05, 4.69) is 0 Å². The zero-order valence-corrected chi connectivity index (χ0v) is 15.9. The molecule has 0 fully saturated rings. The Kier molecular flexibility index (Phi) is 5.17. The van der Waals surface area contributed by atoms with E-state index in [9.17, 15) is 14.9 Å². The van der Waals surface area contributed by atoms with Crippen LogP contribution in [0.1, 0.15) is 27.3 Å². The molecule has 7 heteroatoms. The molecule has 3 aromatic rings. The molecule has 0 atom stereocenters. The van der Waals surface area contributed by atoms with Crippen molar-refractivity contribution < 1.29 is 14.5 Å². The van der Waals surface area contributed by atoms with Crippen molar-refractivity contribution in [3.63, 3.8) is 0 Å². The van der Waals surface area contributed by atoms with Crippen LogP contribution < -0.4 is 5.73 Å². The Bertz CT molecular complexity index is 1060. The van der Waals surface area contributed by atoms with Crippen LogP contribution in [0.3, 0.4) is 0 Å². The summed E-state index contributed by atoms with van der Waals surface area (Å²) in [6, 6.07) is 14.4. The lowest BCUT2D eigenvalue weighted by Gasteiger charge is -2.10.